The Bertz CT molecular complexity index is 977. The standard InChI is InChI=1S/C20H18F5N3O3/c1-11(13-3-2-4-15(9-13)31-20(24,25)19(21,22)23)27-18(30)14-7-8-26-16(10-14)28-17(29)12-5-6-12/h2-4,7-12H,5-6H2,1H3,(H,27,30)(H,26,28,29). The lowest BCUT2D eigenvalue weighted by atomic mass is 10.1. The highest BCUT2D eigenvalue weighted by Crippen LogP contribution is 2.37. The minimum atomic E-state index is -5.86. The summed E-state index contributed by atoms with van der Waals surface area (Å²) in [6.07, 6.45) is -8.26. The molecule has 0 radical (unpaired) electrons. The van der Waals surface area contributed by atoms with Gasteiger partial charge in [0.15, 0.2) is 0 Å². The summed E-state index contributed by atoms with van der Waals surface area (Å²) in [6.45, 7) is 1.52. The van der Waals surface area contributed by atoms with E-state index < -0.39 is 30.0 Å². The predicted octanol–water partition coefficient (Wildman–Crippen LogP) is 4.46. The summed E-state index contributed by atoms with van der Waals surface area (Å²) in [7, 11) is 0. The van der Waals surface area contributed by atoms with Crippen LogP contribution in [0.25, 0.3) is 0 Å². The number of hydrogen-bond acceptors (Lipinski definition) is 4. The van der Waals surface area contributed by atoms with E-state index in [1.807, 2.05) is 0 Å². The highest BCUT2D eigenvalue weighted by atomic mass is 19.4. The molecule has 0 saturated heterocycles. The van der Waals surface area contributed by atoms with Crippen molar-refractivity contribution in [3.05, 3.63) is 53.7 Å². The monoisotopic (exact) mass is 443 g/mol. The zero-order valence-corrected chi connectivity index (χ0v) is 16.2. The lowest BCUT2D eigenvalue weighted by molar-refractivity contribution is -0.360. The molecule has 0 spiro atoms. The molecule has 3 rings (SSSR count). The number of hydrogen-bond donors (Lipinski definition) is 2. The maximum Gasteiger partial charge on any atom is 0.499 e. The van der Waals surface area contributed by atoms with E-state index in [0.717, 1.165) is 25.0 Å². The van der Waals surface area contributed by atoms with Crippen LogP contribution in [0.1, 0.15) is 41.7 Å². The van der Waals surface area contributed by atoms with Crippen molar-refractivity contribution in [1.82, 2.24) is 10.3 Å². The van der Waals surface area contributed by atoms with Crippen molar-refractivity contribution < 1.29 is 36.3 Å². The van der Waals surface area contributed by atoms with Crippen LogP contribution in [-0.2, 0) is 4.79 Å². The van der Waals surface area contributed by atoms with E-state index in [1.165, 1.54) is 37.4 Å². The molecule has 0 bridgehead atoms. The normalized spacial score (nSPS) is 15.2. The fraction of sp³-hybridized carbons (Fsp3) is 0.350. The van der Waals surface area contributed by atoms with Crippen LogP contribution >= 0.6 is 0 Å². The topological polar surface area (TPSA) is 80.3 Å². The van der Waals surface area contributed by atoms with E-state index in [-0.39, 0.29) is 28.8 Å². The molecule has 1 fully saturated rings. The molecule has 2 N–H and O–H groups in total. The van der Waals surface area contributed by atoms with Crippen LogP contribution in [0.3, 0.4) is 0 Å². The van der Waals surface area contributed by atoms with Gasteiger partial charge in [-0.25, -0.2) is 4.98 Å². The third kappa shape index (κ3) is 5.68. The number of pyridine rings is 1. The summed E-state index contributed by atoms with van der Waals surface area (Å²) in [6, 6.07) is 6.67. The largest absolute Gasteiger partial charge is 0.499 e. The fourth-order valence-corrected chi connectivity index (χ4v) is 2.63. The molecule has 0 aliphatic heterocycles. The lowest BCUT2D eigenvalue weighted by Gasteiger charge is -2.21. The summed E-state index contributed by atoms with van der Waals surface area (Å²) in [5.41, 5.74) is 0.434. The SMILES string of the molecule is CC(NC(=O)c1ccnc(NC(=O)C2CC2)c1)c1cccc(OC(F)(F)C(F)(F)F)c1. The van der Waals surface area contributed by atoms with Gasteiger partial charge in [0.1, 0.15) is 11.6 Å². The van der Waals surface area contributed by atoms with Gasteiger partial charge in [0.05, 0.1) is 6.04 Å². The maximum absolute atomic E-state index is 13.1. The van der Waals surface area contributed by atoms with Crippen LogP contribution in [0.15, 0.2) is 42.6 Å². The first kappa shape index (κ1) is 22.4. The molecule has 1 unspecified atom stereocenters. The van der Waals surface area contributed by atoms with Crippen LogP contribution < -0.4 is 15.4 Å². The van der Waals surface area contributed by atoms with Crippen molar-refractivity contribution >= 4 is 17.6 Å². The van der Waals surface area contributed by atoms with Gasteiger partial charge in [0.2, 0.25) is 5.91 Å². The highest BCUT2D eigenvalue weighted by molar-refractivity contribution is 5.97. The number of rotatable bonds is 7. The molecular weight excluding hydrogens is 425 g/mol. The summed E-state index contributed by atoms with van der Waals surface area (Å²) < 4.78 is 67.0. The summed E-state index contributed by atoms with van der Waals surface area (Å²) in [4.78, 5) is 28.3. The Balaban J connectivity index is 1.66. The van der Waals surface area contributed by atoms with Gasteiger partial charge < -0.3 is 15.4 Å². The third-order valence-electron chi connectivity index (χ3n) is 4.50. The maximum atomic E-state index is 13.1. The smallest absolute Gasteiger partial charge is 0.426 e. The fourth-order valence-electron chi connectivity index (χ4n) is 2.63. The van der Waals surface area contributed by atoms with E-state index in [1.54, 1.807) is 0 Å². The van der Waals surface area contributed by atoms with E-state index >= 15 is 0 Å². The van der Waals surface area contributed by atoms with Crippen LogP contribution in [-0.4, -0.2) is 29.1 Å². The van der Waals surface area contributed by atoms with Crippen molar-refractivity contribution in [3.63, 3.8) is 0 Å². The van der Waals surface area contributed by atoms with Crippen molar-refractivity contribution in [2.24, 2.45) is 5.92 Å². The average molecular weight is 443 g/mol. The lowest BCUT2D eigenvalue weighted by Crippen LogP contribution is -2.41. The van der Waals surface area contributed by atoms with Crippen molar-refractivity contribution in [2.75, 3.05) is 5.32 Å². The first-order valence-corrected chi connectivity index (χ1v) is 9.27. The summed E-state index contributed by atoms with van der Waals surface area (Å²) in [5.74, 6) is -1.26. The zero-order valence-electron chi connectivity index (χ0n) is 16.2. The van der Waals surface area contributed by atoms with Gasteiger partial charge in [-0.1, -0.05) is 12.1 Å². The van der Waals surface area contributed by atoms with Crippen LogP contribution in [0.2, 0.25) is 0 Å². The second kappa shape index (κ2) is 8.48. The first-order valence-electron chi connectivity index (χ1n) is 9.27. The number of benzene rings is 1. The van der Waals surface area contributed by atoms with Gasteiger partial charge in [0.25, 0.3) is 5.91 Å². The number of amides is 2. The highest BCUT2D eigenvalue weighted by Gasteiger charge is 2.61. The second-order valence-corrected chi connectivity index (χ2v) is 7.08. The molecule has 11 heteroatoms. The second-order valence-electron chi connectivity index (χ2n) is 7.08. The Morgan fingerprint density at radius 2 is 1.84 bits per heavy atom. The number of halogens is 5. The molecule has 2 amide bonds. The van der Waals surface area contributed by atoms with Gasteiger partial charge in [-0.3, -0.25) is 9.59 Å². The molecule has 1 aromatic carbocycles. The average Bonchev–Trinajstić information content (AvgIpc) is 3.52. The van der Waals surface area contributed by atoms with E-state index in [2.05, 4.69) is 20.4 Å². The Labute approximate surface area is 173 Å². The predicted molar refractivity (Wildman–Crippen MR) is 99.5 cm³/mol. The molecule has 2 aromatic rings. The summed E-state index contributed by atoms with van der Waals surface area (Å²) in [5, 5.41) is 5.22. The Morgan fingerprint density at radius 1 is 1.13 bits per heavy atom. The molecule has 31 heavy (non-hydrogen) atoms. The van der Waals surface area contributed by atoms with Gasteiger partial charge >= 0.3 is 12.3 Å². The van der Waals surface area contributed by atoms with Gasteiger partial charge in [0, 0.05) is 17.7 Å². The zero-order chi connectivity index (χ0) is 22.8. The molecule has 166 valence electrons. The number of carbonyl (C=O) groups excluding carboxylic acids is 2. The van der Waals surface area contributed by atoms with E-state index in [9.17, 15) is 31.5 Å². The molecule has 1 atom stereocenters. The van der Waals surface area contributed by atoms with Gasteiger partial charge in [-0.2, -0.15) is 22.0 Å². The number of ether oxygens (including phenoxy) is 1. The molecule has 1 saturated carbocycles. The number of carbonyl (C=O) groups is 2. The number of alkyl halides is 5. The molecule has 1 aliphatic carbocycles. The van der Waals surface area contributed by atoms with Crippen molar-refractivity contribution in [3.8, 4) is 5.75 Å². The van der Waals surface area contributed by atoms with E-state index in [0.29, 0.717) is 0 Å². The molecular formula is C20H18F5N3O3. The minimum absolute atomic E-state index is 0.0430. The summed E-state index contributed by atoms with van der Waals surface area (Å²) >= 11 is 0. The minimum Gasteiger partial charge on any atom is -0.426 e. The van der Waals surface area contributed by atoms with Crippen LogP contribution in [0, 0.1) is 5.92 Å². The van der Waals surface area contributed by atoms with Crippen molar-refractivity contribution in [1.29, 1.82) is 0 Å². The quantitative estimate of drug-likeness (QED) is 0.620. The number of anilines is 1. The van der Waals surface area contributed by atoms with Crippen LogP contribution in [0.4, 0.5) is 27.8 Å². The van der Waals surface area contributed by atoms with E-state index in [4.69, 9.17) is 0 Å². The van der Waals surface area contributed by atoms with Crippen LogP contribution in [0.5, 0.6) is 5.75 Å². The van der Waals surface area contributed by atoms with Gasteiger partial charge in [-0.05, 0) is 49.6 Å². The molecule has 6 nitrogen and oxygen atoms in total. The van der Waals surface area contributed by atoms with Gasteiger partial charge in [-0.15, -0.1) is 0 Å². The number of nitrogens with one attached hydrogen (secondary N) is 2. The number of nitrogens with zero attached hydrogens (tertiary/aromatic N) is 1. The Morgan fingerprint density at radius 3 is 2.48 bits per heavy atom. The molecule has 1 aromatic heterocycles. The molecule has 1 aliphatic rings. The Hall–Kier alpha value is -3.24. The Kier molecular flexibility index (Phi) is 6.14. The third-order valence-corrected chi connectivity index (χ3v) is 4.50. The first-order chi connectivity index (χ1) is 14.5. The number of aromatic nitrogens is 1. The molecule has 1 heterocycles. The van der Waals surface area contributed by atoms with Crippen molar-refractivity contribution in [2.45, 2.75) is 38.1 Å².